The first-order valence-corrected chi connectivity index (χ1v) is 17.8. The van der Waals surface area contributed by atoms with Gasteiger partial charge in [0.05, 0.1) is 45.4 Å². The van der Waals surface area contributed by atoms with E-state index < -0.39 is 0 Å². The molecule has 2 aromatic rings. The molecule has 0 aliphatic carbocycles. The minimum absolute atomic E-state index is 0.0987. The highest BCUT2D eigenvalue weighted by Gasteiger charge is 2.25. The maximum Gasteiger partial charge on any atom is 0.254 e. The van der Waals surface area contributed by atoms with Crippen LogP contribution in [-0.4, -0.2) is 112 Å². The van der Waals surface area contributed by atoms with Crippen LogP contribution in [0, 0.1) is 0 Å². The molecule has 0 spiro atoms. The Kier molecular flexibility index (Phi) is 19.0. The van der Waals surface area contributed by atoms with Gasteiger partial charge in [-0.25, -0.2) is 4.98 Å². The zero-order chi connectivity index (χ0) is 34.4. The summed E-state index contributed by atoms with van der Waals surface area (Å²) in [6, 6.07) is 5.20. The maximum absolute atomic E-state index is 13.3. The predicted molar refractivity (Wildman–Crippen MR) is 190 cm³/mol. The fraction of sp³-hybridized carbons (Fsp3) is 0.657. The summed E-state index contributed by atoms with van der Waals surface area (Å²) in [5, 5.41) is 6.44. The molecule has 12 nitrogen and oxygen atoms in total. The van der Waals surface area contributed by atoms with E-state index in [1.807, 2.05) is 4.90 Å². The van der Waals surface area contributed by atoms with Gasteiger partial charge in [-0.15, -0.1) is 0 Å². The Labute approximate surface area is 291 Å². The third-order valence-electron chi connectivity index (χ3n) is 8.16. The van der Waals surface area contributed by atoms with Gasteiger partial charge in [0.15, 0.2) is 0 Å². The van der Waals surface area contributed by atoms with Crippen molar-refractivity contribution >= 4 is 40.9 Å². The molecule has 1 aromatic heterocycles. The minimum atomic E-state index is -0.0987. The molecular formula is C35H55ClN6O6. The number of anilines is 3. The largest absolute Gasteiger partial charge is 0.495 e. The van der Waals surface area contributed by atoms with Gasteiger partial charge in [0.25, 0.3) is 5.91 Å². The van der Waals surface area contributed by atoms with Crippen molar-refractivity contribution in [2.75, 3.05) is 90.6 Å². The number of piperazine rings is 1. The second-order valence-corrected chi connectivity index (χ2v) is 12.2. The number of unbranched alkanes of at least 4 members (excludes halogenated alkanes) is 7. The van der Waals surface area contributed by atoms with E-state index in [4.69, 9.17) is 30.5 Å². The number of hydrogen-bond acceptors (Lipinski definition) is 10. The summed E-state index contributed by atoms with van der Waals surface area (Å²) < 4.78 is 22.4. The standard InChI is InChI=1S/C35H55ClN6O6/c1-4-5-6-8-11-20-46-22-24-48-25-23-47-21-12-9-7-10-13-32(43)41-16-18-42(19-17-41)34(44)28-14-15-30(31(26-28)45-3)39-35-38-27-29(36)33(37-2)40-35/h14-15,26-27H,4-13,16-25H2,1-3H3,(H2,37,38,39,40). The Hall–Kier alpha value is -3.19. The Morgan fingerprint density at radius 1 is 0.833 bits per heavy atom. The molecule has 0 atom stereocenters. The first-order chi connectivity index (χ1) is 23.5. The van der Waals surface area contributed by atoms with E-state index in [0.29, 0.717) is 99.4 Å². The quantitative estimate of drug-likeness (QED) is 0.123. The molecule has 0 bridgehead atoms. The number of nitrogens with one attached hydrogen (secondary N) is 2. The van der Waals surface area contributed by atoms with E-state index in [-0.39, 0.29) is 11.8 Å². The van der Waals surface area contributed by atoms with E-state index in [2.05, 4.69) is 27.5 Å². The van der Waals surface area contributed by atoms with E-state index in [0.717, 1.165) is 38.7 Å². The molecule has 1 aliphatic heterocycles. The number of halogens is 1. The highest BCUT2D eigenvalue weighted by Crippen LogP contribution is 2.29. The minimum Gasteiger partial charge on any atom is -0.495 e. The lowest BCUT2D eigenvalue weighted by Gasteiger charge is -2.35. The number of carbonyl (C=O) groups excluding carboxylic acids is 2. The number of benzene rings is 1. The molecular weight excluding hydrogens is 636 g/mol. The number of rotatable bonds is 24. The van der Waals surface area contributed by atoms with Crippen LogP contribution >= 0.6 is 11.6 Å². The molecule has 0 saturated carbocycles. The molecule has 0 unspecified atom stereocenters. The average molecular weight is 691 g/mol. The fourth-order valence-corrected chi connectivity index (χ4v) is 5.52. The zero-order valence-electron chi connectivity index (χ0n) is 29.1. The molecule has 48 heavy (non-hydrogen) atoms. The van der Waals surface area contributed by atoms with Crippen LogP contribution in [0.4, 0.5) is 17.5 Å². The lowest BCUT2D eigenvalue weighted by Crippen LogP contribution is -2.50. The highest BCUT2D eigenvalue weighted by molar-refractivity contribution is 6.32. The number of amides is 2. The van der Waals surface area contributed by atoms with Crippen LogP contribution in [0.25, 0.3) is 0 Å². The molecule has 1 saturated heterocycles. The van der Waals surface area contributed by atoms with Gasteiger partial charge < -0.3 is 39.4 Å². The normalized spacial score (nSPS) is 13.1. The van der Waals surface area contributed by atoms with Crippen LogP contribution < -0.4 is 15.4 Å². The average Bonchev–Trinajstić information content (AvgIpc) is 3.11. The van der Waals surface area contributed by atoms with Crippen molar-refractivity contribution in [3.8, 4) is 5.75 Å². The Balaban J connectivity index is 1.23. The first kappa shape index (κ1) is 39.3. The Bertz CT molecular complexity index is 1230. The molecule has 1 aliphatic rings. The lowest BCUT2D eigenvalue weighted by atomic mass is 10.1. The third kappa shape index (κ3) is 14.1. The second-order valence-electron chi connectivity index (χ2n) is 11.8. The summed E-state index contributed by atoms with van der Waals surface area (Å²) in [7, 11) is 3.27. The van der Waals surface area contributed by atoms with Crippen molar-refractivity contribution in [1.82, 2.24) is 19.8 Å². The topological polar surface area (TPSA) is 127 Å². The fourth-order valence-electron chi connectivity index (χ4n) is 5.33. The number of aromatic nitrogens is 2. The van der Waals surface area contributed by atoms with Crippen LogP contribution in [0.15, 0.2) is 24.4 Å². The van der Waals surface area contributed by atoms with E-state index >= 15 is 0 Å². The van der Waals surface area contributed by atoms with Crippen molar-refractivity contribution < 1.29 is 28.5 Å². The molecule has 1 fully saturated rings. The van der Waals surface area contributed by atoms with Gasteiger partial charge in [0.1, 0.15) is 16.6 Å². The van der Waals surface area contributed by atoms with E-state index in [1.165, 1.54) is 31.9 Å². The summed E-state index contributed by atoms with van der Waals surface area (Å²) in [5.41, 5.74) is 1.13. The van der Waals surface area contributed by atoms with Gasteiger partial charge >= 0.3 is 0 Å². The molecule has 13 heteroatoms. The van der Waals surface area contributed by atoms with Crippen molar-refractivity contribution in [3.63, 3.8) is 0 Å². The number of hydrogen-bond donors (Lipinski definition) is 2. The molecule has 2 heterocycles. The maximum atomic E-state index is 13.3. The lowest BCUT2D eigenvalue weighted by molar-refractivity contribution is -0.132. The van der Waals surface area contributed by atoms with Crippen molar-refractivity contribution in [2.24, 2.45) is 0 Å². The van der Waals surface area contributed by atoms with Crippen molar-refractivity contribution in [3.05, 3.63) is 35.0 Å². The van der Waals surface area contributed by atoms with Crippen molar-refractivity contribution in [2.45, 2.75) is 71.1 Å². The monoisotopic (exact) mass is 690 g/mol. The van der Waals surface area contributed by atoms with Crippen molar-refractivity contribution in [1.29, 1.82) is 0 Å². The Morgan fingerprint density at radius 2 is 1.44 bits per heavy atom. The van der Waals surface area contributed by atoms with Crippen LogP contribution in [0.2, 0.25) is 5.02 Å². The number of methoxy groups -OCH3 is 1. The molecule has 1 aromatic carbocycles. The van der Waals surface area contributed by atoms with E-state index in [9.17, 15) is 9.59 Å². The van der Waals surface area contributed by atoms with Gasteiger partial charge in [-0.3, -0.25) is 9.59 Å². The molecule has 2 N–H and O–H groups in total. The summed E-state index contributed by atoms with van der Waals surface area (Å²) in [6.45, 7) is 8.24. The molecule has 268 valence electrons. The number of carbonyl (C=O) groups is 2. The molecule has 3 rings (SSSR count). The first-order valence-electron chi connectivity index (χ1n) is 17.4. The van der Waals surface area contributed by atoms with Gasteiger partial charge in [-0.05, 0) is 37.5 Å². The summed E-state index contributed by atoms with van der Waals surface area (Å²) in [6.07, 6.45) is 12.1. The zero-order valence-corrected chi connectivity index (χ0v) is 29.8. The predicted octanol–water partition coefficient (Wildman–Crippen LogP) is 6.18. The van der Waals surface area contributed by atoms with Crippen LogP contribution in [0.5, 0.6) is 5.75 Å². The summed E-state index contributed by atoms with van der Waals surface area (Å²) >= 11 is 6.08. The second kappa shape index (κ2) is 23.2. The van der Waals surface area contributed by atoms with E-state index in [1.54, 1.807) is 37.3 Å². The van der Waals surface area contributed by atoms with Gasteiger partial charge in [-0.1, -0.05) is 57.0 Å². The Morgan fingerprint density at radius 3 is 2.06 bits per heavy atom. The third-order valence-corrected chi connectivity index (χ3v) is 8.44. The SMILES string of the molecule is CCCCCCCOCCOCCOCCCCCCC(=O)N1CCN(C(=O)c2ccc(Nc3ncc(Cl)c(NC)n3)c(OC)c2)CC1. The molecule has 2 amide bonds. The number of nitrogens with zero attached hydrogens (tertiary/aromatic N) is 4. The molecule has 0 radical (unpaired) electrons. The number of ether oxygens (including phenoxy) is 4. The smallest absolute Gasteiger partial charge is 0.254 e. The highest BCUT2D eigenvalue weighted by atomic mass is 35.5. The van der Waals surface area contributed by atoms with Crippen LogP contribution in [0.3, 0.4) is 0 Å². The van der Waals surface area contributed by atoms with Gasteiger partial charge in [0, 0.05) is 58.4 Å². The summed E-state index contributed by atoms with van der Waals surface area (Å²) in [4.78, 5) is 38.2. The van der Waals surface area contributed by atoms with Gasteiger partial charge in [0.2, 0.25) is 11.9 Å². The van der Waals surface area contributed by atoms with Crippen LogP contribution in [0.1, 0.15) is 81.5 Å². The summed E-state index contributed by atoms with van der Waals surface area (Å²) in [5.74, 6) is 1.38. The van der Waals surface area contributed by atoms with Gasteiger partial charge in [-0.2, -0.15) is 4.98 Å². The van der Waals surface area contributed by atoms with Crippen LogP contribution in [-0.2, 0) is 19.0 Å².